The number of hydrogen-bond acceptors (Lipinski definition) is 3. The van der Waals surface area contributed by atoms with E-state index >= 15 is 0 Å². The standard InChI is InChI=1S/C35H25BrN4O/c1-22-19-23(17-18-37-22)33-31-30(39-40-33)21-29-27(20-28(36)34(41)38-29)32(31)35(24-11-5-2-6-12-24,25-13-7-3-8-14-25)26-15-9-4-10-16-26/h2-21H,1H3,(H,38,41)(H,39,40). The number of nitrogens with zero attached hydrogens (tertiary/aromatic N) is 2. The first-order chi connectivity index (χ1) is 20.1. The molecule has 198 valence electrons. The molecular weight excluding hydrogens is 572 g/mol. The Bertz CT molecular complexity index is 1990. The summed E-state index contributed by atoms with van der Waals surface area (Å²) in [7, 11) is 0. The van der Waals surface area contributed by atoms with Gasteiger partial charge in [0.1, 0.15) is 5.69 Å². The largest absolute Gasteiger partial charge is 0.321 e. The van der Waals surface area contributed by atoms with Crippen LogP contribution in [0.2, 0.25) is 0 Å². The summed E-state index contributed by atoms with van der Waals surface area (Å²) >= 11 is 3.54. The van der Waals surface area contributed by atoms with Gasteiger partial charge in [0.2, 0.25) is 0 Å². The van der Waals surface area contributed by atoms with Gasteiger partial charge in [0, 0.05) is 28.2 Å². The molecule has 0 bridgehead atoms. The van der Waals surface area contributed by atoms with Gasteiger partial charge in [-0.3, -0.25) is 14.9 Å². The van der Waals surface area contributed by atoms with E-state index in [2.05, 4.69) is 110 Å². The molecular formula is C35H25BrN4O. The van der Waals surface area contributed by atoms with E-state index in [1.807, 2.05) is 49.5 Å². The van der Waals surface area contributed by atoms with Gasteiger partial charge in [-0.25, -0.2) is 0 Å². The second kappa shape index (κ2) is 9.98. The highest BCUT2D eigenvalue weighted by Gasteiger charge is 2.42. The Morgan fingerprint density at radius 2 is 1.32 bits per heavy atom. The third-order valence-corrected chi connectivity index (χ3v) is 8.38. The third kappa shape index (κ3) is 4.02. The van der Waals surface area contributed by atoms with Crippen molar-refractivity contribution in [3.8, 4) is 11.3 Å². The van der Waals surface area contributed by atoms with E-state index in [1.165, 1.54) is 0 Å². The molecule has 7 rings (SSSR count). The number of rotatable bonds is 5. The first-order valence-electron chi connectivity index (χ1n) is 13.4. The second-order valence-corrected chi connectivity index (χ2v) is 11.0. The molecule has 0 atom stereocenters. The Morgan fingerprint density at radius 1 is 0.732 bits per heavy atom. The number of aromatic nitrogens is 4. The normalized spacial score (nSPS) is 11.8. The molecule has 0 spiro atoms. The zero-order chi connectivity index (χ0) is 28.0. The minimum absolute atomic E-state index is 0.183. The molecule has 0 aliphatic carbocycles. The fraction of sp³-hybridized carbons (Fsp3) is 0.0571. The van der Waals surface area contributed by atoms with Crippen LogP contribution in [0.5, 0.6) is 0 Å². The molecule has 41 heavy (non-hydrogen) atoms. The zero-order valence-corrected chi connectivity index (χ0v) is 23.8. The number of nitrogens with one attached hydrogen (secondary N) is 2. The molecule has 3 heterocycles. The monoisotopic (exact) mass is 596 g/mol. The first-order valence-corrected chi connectivity index (χ1v) is 14.2. The summed E-state index contributed by atoms with van der Waals surface area (Å²) in [5.41, 5.74) is 7.67. The van der Waals surface area contributed by atoms with E-state index in [1.54, 1.807) is 0 Å². The molecule has 2 N–H and O–H groups in total. The molecule has 0 saturated heterocycles. The van der Waals surface area contributed by atoms with Crippen LogP contribution in [0.4, 0.5) is 0 Å². The summed E-state index contributed by atoms with van der Waals surface area (Å²) in [6.45, 7) is 1.98. The predicted octanol–water partition coefficient (Wildman–Crippen LogP) is 7.92. The van der Waals surface area contributed by atoms with E-state index in [9.17, 15) is 4.79 Å². The number of benzene rings is 4. The van der Waals surface area contributed by atoms with E-state index in [0.29, 0.717) is 4.47 Å². The highest BCUT2D eigenvalue weighted by Crippen LogP contribution is 2.51. The lowest BCUT2D eigenvalue weighted by atomic mass is 9.63. The lowest BCUT2D eigenvalue weighted by Gasteiger charge is -2.38. The van der Waals surface area contributed by atoms with E-state index in [-0.39, 0.29) is 5.56 Å². The fourth-order valence-corrected chi connectivity index (χ4v) is 6.45. The van der Waals surface area contributed by atoms with Gasteiger partial charge >= 0.3 is 0 Å². The quantitative estimate of drug-likeness (QED) is 0.198. The minimum Gasteiger partial charge on any atom is -0.321 e. The van der Waals surface area contributed by atoms with Crippen molar-refractivity contribution in [1.82, 2.24) is 20.2 Å². The number of pyridine rings is 2. The van der Waals surface area contributed by atoms with Gasteiger partial charge in [-0.2, -0.15) is 5.10 Å². The van der Waals surface area contributed by atoms with Crippen molar-refractivity contribution in [2.24, 2.45) is 0 Å². The predicted molar refractivity (Wildman–Crippen MR) is 168 cm³/mol. The van der Waals surface area contributed by atoms with E-state index in [0.717, 1.165) is 61.0 Å². The average Bonchev–Trinajstić information content (AvgIpc) is 3.43. The molecule has 6 heteroatoms. The Morgan fingerprint density at radius 3 is 1.88 bits per heavy atom. The highest BCUT2D eigenvalue weighted by atomic mass is 79.9. The number of H-pyrrole nitrogens is 2. The maximum Gasteiger partial charge on any atom is 0.262 e. The van der Waals surface area contributed by atoms with Gasteiger partial charge in [-0.05, 0) is 69.4 Å². The molecule has 0 aliphatic rings. The zero-order valence-electron chi connectivity index (χ0n) is 22.2. The maximum absolute atomic E-state index is 12.9. The molecule has 4 aromatic carbocycles. The van der Waals surface area contributed by atoms with E-state index in [4.69, 9.17) is 5.10 Å². The highest BCUT2D eigenvalue weighted by molar-refractivity contribution is 9.10. The van der Waals surface area contributed by atoms with Gasteiger partial charge in [0.15, 0.2) is 0 Å². The summed E-state index contributed by atoms with van der Waals surface area (Å²) < 4.78 is 0.471. The van der Waals surface area contributed by atoms with Gasteiger partial charge < -0.3 is 4.98 Å². The van der Waals surface area contributed by atoms with Crippen LogP contribution >= 0.6 is 15.9 Å². The molecule has 5 nitrogen and oxygen atoms in total. The fourth-order valence-electron chi connectivity index (χ4n) is 6.12. The molecule has 0 aliphatic heterocycles. The van der Waals surface area contributed by atoms with Gasteiger partial charge in [0.25, 0.3) is 5.56 Å². The van der Waals surface area contributed by atoms with Crippen molar-refractivity contribution in [2.45, 2.75) is 12.3 Å². The van der Waals surface area contributed by atoms with Gasteiger partial charge in [0.05, 0.1) is 20.9 Å². The lowest BCUT2D eigenvalue weighted by molar-refractivity contribution is 0.759. The smallest absolute Gasteiger partial charge is 0.262 e. The summed E-state index contributed by atoms with van der Waals surface area (Å²) in [6, 6.07) is 39.7. The van der Waals surface area contributed by atoms with E-state index < -0.39 is 5.41 Å². The van der Waals surface area contributed by atoms with Crippen LogP contribution < -0.4 is 5.56 Å². The van der Waals surface area contributed by atoms with Crippen LogP contribution in [0.15, 0.2) is 131 Å². The lowest BCUT2D eigenvalue weighted by Crippen LogP contribution is -2.32. The van der Waals surface area contributed by atoms with Gasteiger partial charge in [-0.1, -0.05) is 91.0 Å². The Kier molecular flexibility index (Phi) is 6.13. The number of aryl methyl sites for hydroxylation is 1. The van der Waals surface area contributed by atoms with Crippen LogP contribution in [-0.2, 0) is 5.41 Å². The minimum atomic E-state index is -0.764. The summed E-state index contributed by atoms with van der Waals surface area (Å²) in [5, 5.41) is 10.1. The van der Waals surface area contributed by atoms with Crippen molar-refractivity contribution in [3.63, 3.8) is 0 Å². The molecule has 0 saturated carbocycles. The number of hydrogen-bond donors (Lipinski definition) is 2. The SMILES string of the molecule is Cc1cc(-c2n[nH]c3cc4[nH]c(=O)c(Br)cc4c(C(c4ccccc4)(c4ccccc4)c4ccccc4)c23)ccn1. The van der Waals surface area contributed by atoms with Crippen molar-refractivity contribution in [3.05, 3.63) is 164 Å². The second-order valence-electron chi connectivity index (χ2n) is 10.2. The molecule has 0 unspecified atom stereocenters. The summed E-state index contributed by atoms with van der Waals surface area (Å²) in [6.07, 6.45) is 1.82. The van der Waals surface area contributed by atoms with Crippen LogP contribution in [0.3, 0.4) is 0 Å². The summed E-state index contributed by atoms with van der Waals surface area (Å²) in [5.74, 6) is 0. The average molecular weight is 598 g/mol. The Labute approximate surface area is 245 Å². The topological polar surface area (TPSA) is 74.4 Å². The molecule has 0 amide bonds. The molecule has 7 aromatic rings. The number of fused-ring (bicyclic) bond motifs is 2. The van der Waals surface area contributed by atoms with Gasteiger partial charge in [-0.15, -0.1) is 0 Å². The molecule has 3 aromatic heterocycles. The van der Waals surface area contributed by atoms with Crippen LogP contribution in [-0.4, -0.2) is 20.2 Å². The van der Waals surface area contributed by atoms with Crippen LogP contribution in [0.1, 0.15) is 27.9 Å². The van der Waals surface area contributed by atoms with Crippen molar-refractivity contribution in [1.29, 1.82) is 0 Å². The number of halogens is 1. The van der Waals surface area contributed by atoms with Crippen LogP contribution in [0, 0.1) is 6.92 Å². The molecule has 0 fully saturated rings. The summed E-state index contributed by atoms with van der Waals surface area (Å²) in [4.78, 5) is 20.4. The Balaban J connectivity index is 1.79. The third-order valence-electron chi connectivity index (χ3n) is 7.79. The van der Waals surface area contributed by atoms with Crippen LogP contribution in [0.25, 0.3) is 33.1 Å². The van der Waals surface area contributed by atoms with Crippen molar-refractivity contribution in [2.75, 3.05) is 0 Å². The maximum atomic E-state index is 12.9. The molecule has 0 radical (unpaired) electrons. The van der Waals surface area contributed by atoms with Crippen molar-refractivity contribution < 1.29 is 0 Å². The first kappa shape index (κ1) is 25.2. The van der Waals surface area contributed by atoms with Crippen molar-refractivity contribution >= 4 is 37.7 Å². The Hall–Kier alpha value is -4.81. The number of aromatic amines is 2.